The van der Waals surface area contributed by atoms with Crippen molar-refractivity contribution in [1.82, 2.24) is 24.6 Å². The highest BCUT2D eigenvalue weighted by Crippen LogP contribution is 2.32. The van der Waals surface area contributed by atoms with Crippen LogP contribution in [0, 0.1) is 24.1 Å². The molecule has 0 radical (unpaired) electrons. The Labute approximate surface area is 185 Å². The second-order valence-corrected chi connectivity index (χ2v) is 7.65. The van der Waals surface area contributed by atoms with E-state index in [2.05, 4.69) is 21.9 Å². The molecule has 1 aliphatic heterocycles. The number of halogens is 1. The van der Waals surface area contributed by atoms with E-state index in [9.17, 15) is 14.3 Å². The number of carbonyl (C=O) groups excluding carboxylic acids is 1. The standard InChI is InChI=1S/C23H23FN6O2/c1-3-28-8-10-29(11-9-28)23(32)17-5-7-20(26-13-17)30-14-19(31)22(27-30)18-6-4-16(12-25)15(2)21(18)24/h4-7,13-14,31H,3,8-11H2,1-2H3. The third kappa shape index (κ3) is 3.92. The van der Waals surface area contributed by atoms with Crippen molar-refractivity contribution in [3.8, 4) is 28.9 Å². The molecular weight excluding hydrogens is 411 g/mol. The molecule has 1 amide bonds. The quantitative estimate of drug-likeness (QED) is 0.678. The van der Waals surface area contributed by atoms with E-state index in [-0.39, 0.29) is 34.0 Å². The van der Waals surface area contributed by atoms with Crippen molar-refractivity contribution in [1.29, 1.82) is 5.26 Å². The first-order valence-corrected chi connectivity index (χ1v) is 10.4. The number of pyridine rings is 1. The van der Waals surface area contributed by atoms with Crippen LogP contribution < -0.4 is 0 Å². The zero-order valence-corrected chi connectivity index (χ0v) is 17.9. The van der Waals surface area contributed by atoms with Crippen molar-refractivity contribution in [3.63, 3.8) is 0 Å². The number of carbonyl (C=O) groups is 1. The van der Waals surface area contributed by atoms with Crippen molar-refractivity contribution in [2.45, 2.75) is 13.8 Å². The molecule has 1 fully saturated rings. The van der Waals surface area contributed by atoms with Crippen LogP contribution in [0.2, 0.25) is 0 Å². The second kappa shape index (κ2) is 8.77. The lowest BCUT2D eigenvalue weighted by atomic mass is 10.0. The van der Waals surface area contributed by atoms with Crippen LogP contribution in [0.5, 0.6) is 5.75 Å². The summed E-state index contributed by atoms with van der Waals surface area (Å²) in [5.41, 5.74) is 1.04. The van der Waals surface area contributed by atoms with Gasteiger partial charge in [-0.3, -0.25) is 4.79 Å². The van der Waals surface area contributed by atoms with Gasteiger partial charge in [0.25, 0.3) is 5.91 Å². The number of benzene rings is 1. The normalized spacial score (nSPS) is 14.4. The van der Waals surface area contributed by atoms with E-state index in [1.165, 1.54) is 36.1 Å². The average molecular weight is 434 g/mol. The van der Waals surface area contributed by atoms with E-state index in [0.717, 1.165) is 19.6 Å². The Bertz CT molecular complexity index is 1190. The molecule has 2 aromatic heterocycles. The van der Waals surface area contributed by atoms with Gasteiger partial charge in [0.1, 0.15) is 11.5 Å². The fraction of sp³-hybridized carbons (Fsp3) is 0.304. The molecule has 1 aromatic carbocycles. The number of aromatic nitrogens is 3. The fourth-order valence-electron chi connectivity index (χ4n) is 3.76. The van der Waals surface area contributed by atoms with Crippen LogP contribution in [0.4, 0.5) is 4.39 Å². The van der Waals surface area contributed by atoms with Crippen molar-refractivity contribution < 1.29 is 14.3 Å². The van der Waals surface area contributed by atoms with Gasteiger partial charge in [0.05, 0.1) is 23.4 Å². The van der Waals surface area contributed by atoms with E-state index in [4.69, 9.17) is 5.26 Å². The van der Waals surface area contributed by atoms with Crippen LogP contribution in [0.15, 0.2) is 36.7 Å². The predicted molar refractivity (Wildman–Crippen MR) is 116 cm³/mol. The third-order valence-corrected chi connectivity index (χ3v) is 5.79. The molecule has 0 atom stereocenters. The summed E-state index contributed by atoms with van der Waals surface area (Å²) >= 11 is 0. The lowest BCUT2D eigenvalue weighted by Crippen LogP contribution is -2.48. The van der Waals surface area contributed by atoms with Crippen LogP contribution in [0.25, 0.3) is 17.1 Å². The van der Waals surface area contributed by atoms with Gasteiger partial charge in [0.15, 0.2) is 11.6 Å². The van der Waals surface area contributed by atoms with Crippen LogP contribution in [0.1, 0.15) is 28.4 Å². The molecule has 0 spiro atoms. The van der Waals surface area contributed by atoms with Gasteiger partial charge >= 0.3 is 0 Å². The largest absolute Gasteiger partial charge is 0.504 e. The highest BCUT2D eigenvalue weighted by atomic mass is 19.1. The summed E-state index contributed by atoms with van der Waals surface area (Å²) in [5.74, 6) is -0.519. The van der Waals surface area contributed by atoms with Crippen LogP contribution in [-0.2, 0) is 0 Å². The van der Waals surface area contributed by atoms with E-state index in [0.29, 0.717) is 24.5 Å². The number of hydrogen-bond donors (Lipinski definition) is 1. The van der Waals surface area contributed by atoms with Gasteiger partial charge in [0, 0.05) is 43.5 Å². The fourth-order valence-corrected chi connectivity index (χ4v) is 3.76. The Kier molecular flexibility index (Phi) is 5.88. The molecule has 0 aliphatic carbocycles. The number of rotatable bonds is 4. The van der Waals surface area contributed by atoms with E-state index < -0.39 is 5.82 Å². The molecule has 0 bridgehead atoms. The first-order valence-electron chi connectivity index (χ1n) is 10.4. The smallest absolute Gasteiger partial charge is 0.255 e. The topological polar surface area (TPSA) is 98.3 Å². The molecule has 1 N–H and O–H groups in total. The Morgan fingerprint density at radius 3 is 2.59 bits per heavy atom. The molecule has 32 heavy (non-hydrogen) atoms. The Hall–Kier alpha value is -3.77. The molecule has 0 saturated carbocycles. The third-order valence-electron chi connectivity index (χ3n) is 5.79. The minimum atomic E-state index is -0.610. The molecule has 1 saturated heterocycles. The summed E-state index contributed by atoms with van der Waals surface area (Å²) in [6.07, 6.45) is 2.81. The lowest BCUT2D eigenvalue weighted by Gasteiger charge is -2.34. The summed E-state index contributed by atoms with van der Waals surface area (Å²) in [5, 5.41) is 23.7. The lowest BCUT2D eigenvalue weighted by molar-refractivity contribution is 0.0643. The van der Waals surface area contributed by atoms with Crippen LogP contribution in [-0.4, -0.2) is 68.3 Å². The Morgan fingerprint density at radius 2 is 1.97 bits per heavy atom. The predicted octanol–water partition coefficient (Wildman–Crippen LogP) is 2.74. The first kappa shape index (κ1) is 21.5. The average Bonchev–Trinajstić information content (AvgIpc) is 3.21. The van der Waals surface area contributed by atoms with E-state index in [1.54, 1.807) is 12.1 Å². The molecule has 0 unspecified atom stereocenters. The number of nitriles is 1. The van der Waals surface area contributed by atoms with Crippen LogP contribution >= 0.6 is 0 Å². The molecule has 164 valence electrons. The number of hydrogen-bond acceptors (Lipinski definition) is 6. The minimum absolute atomic E-state index is 0.0471. The number of amides is 1. The summed E-state index contributed by atoms with van der Waals surface area (Å²) in [4.78, 5) is 21.2. The van der Waals surface area contributed by atoms with Crippen molar-refractivity contribution in [2.24, 2.45) is 0 Å². The number of likely N-dealkylation sites (N-methyl/N-ethyl adjacent to an activating group) is 1. The van der Waals surface area contributed by atoms with E-state index >= 15 is 0 Å². The summed E-state index contributed by atoms with van der Waals surface area (Å²) in [6, 6.07) is 8.14. The Morgan fingerprint density at radius 1 is 1.22 bits per heavy atom. The van der Waals surface area contributed by atoms with Gasteiger partial charge in [-0.1, -0.05) is 6.92 Å². The maximum atomic E-state index is 14.7. The molecule has 8 nitrogen and oxygen atoms in total. The number of piperazine rings is 1. The van der Waals surface area contributed by atoms with Gasteiger partial charge in [-0.05, 0) is 37.7 Å². The van der Waals surface area contributed by atoms with Gasteiger partial charge in [-0.25, -0.2) is 14.1 Å². The highest BCUT2D eigenvalue weighted by molar-refractivity contribution is 5.94. The van der Waals surface area contributed by atoms with Crippen molar-refractivity contribution >= 4 is 5.91 Å². The molecule has 4 rings (SSSR count). The number of nitrogens with zero attached hydrogens (tertiary/aromatic N) is 6. The SMILES string of the molecule is CCN1CCN(C(=O)c2ccc(-n3cc(O)c(-c4ccc(C#N)c(C)c4F)n3)nc2)CC1. The summed E-state index contributed by atoms with van der Waals surface area (Å²) < 4.78 is 16.0. The summed E-state index contributed by atoms with van der Waals surface area (Å²) in [6.45, 7) is 7.66. The van der Waals surface area contributed by atoms with Gasteiger partial charge < -0.3 is 14.9 Å². The second-order valence-electron chi connectivity index (χ2n) is 7.65. The van der Waals surface area contributed by atoms with Crippen molar-refractivity contribution in [3.05, 3.63) is 59.2 Å². The molecule has 9 heteroatoms. The van der Waals surface area contributed by atoms with Gasteiger partial charge in [-0.2, -0.15) is 10.4 Å². The summed E-state index contributed by atoms with van der Waals surface area (Å²) in [7, 11) is 0. The highest BCUT2D eigenvalue weighted by Gasteiger charge is 2.22. The minimum Gasteiger partial charge on any atom is -0.504 e. The molecule has 1 aliphatic rings. The molecule has 3 aromatic rings. The zero-order valence-electron chi connectivity index (χ0n) is 17.9. The van der Waals surface area contributed by atoms with Crippen LogP contribution in [0.3, 0.4) is 0 Å². The van der Waals surface area contributed by atoms with Gasteiger partial charge in [0.2, 0.25) is 0 Å². The maximum absolute atomic E-state index is 14.7. The number of aromatic hydroxyl groups is 1. The Balaban J connectivity index is 1.55. The van der Waals surface area contributed by atoms with Crippen molar-refractivity contribution in [2.75, 3.05) is 32.7 Å². The zero-order chi connectivity index (χ0) is 22.8. The van der Waals surface area contributed by atoms with Gasteiger partial charge in [-0.15, -0.1) is 0 Å². The molecule has 3 heterocycles. The molecular formula is C23H23FN6O2. The first-order chi connectivity index (χ1) is 15.4. The maximum Gasteiger partial charge on any atom is 0.255 e. The van der Waals surface area contributed by atoms with E-state index in [1.807, 2.05) is 11.0 Å². The monoisotopic (exact) mass is 434 g/mol.